The maximum absolute atomic E-state index is 11.2. The Balaban J connectivity index is 2.93. The van der Waals surface area contributed by atoms with E-state index in [4.69, 9.17) is 0 Å². The molecule has 0 aromatic carbocycles. The quantitative estimate of drug-likeness (QED) is 0.463. The third-order valence-electron chi connectivity index (χ3n) is 0.292. The Morgan fingerprint density at radius 1 is 1.50 bits per heavy atom. The summed E-state index contributed by atoms with van der Waals surface area (Å²) in [7, 11) is -3.17. The summed E-state index contributed by atoms with van der Waals surface area (Å²) in [4.78, 5) is 0. The van der Waals surface area contributed by atoms with Crippen molar-refractivity contribution in [3.8, 4) is 0 Å². The minimum Gasteiger partial charge on any atom is -0.234 e. The predicted octanol–water partition coefficient (Wildman–Crippen LogP) is 3.23. The zero-order chi connectivity index (χ0) is 6.57. The van der Waals surface area contributed by atoms with Gasteiger partial charge in [0, 0.05) is 17.3 Å². The van der Waals surface area contributed by atoms with E-state index >= 15 is 0 Å². The van der Waals surface area contributed by atoms with Crippen LogP contribution >= 0.6 is 20.8 Å². The van der Waals surface area contributed by atoms with Gasteiger partial charge in [-0.15, -0.1) is 0 Å². The highest BCUT2D eigenvalue weighted by Crippen LogP contribution is 2.44. The fourth-order valence-corrected chi connectivity index (χ4v) is 1.07. The van der Waals surface area contributed by atoms with Crippen LogP contribution < -0.4 is 0 Å². The van der Waals surface area contributed by atoms with Gasteiger partial charge >= 0.3 is 8.77 Å². The van der Waals surface area contributed by atoms with Gasteiger partial charge < -0.3 is 0 Å². The van der Waals surface area contributed by atoms with E-state index in [0.29, 0.717) is 0 Å². The number of rotatable bonds is 3. The molecule has 0 rings (SSSR count). The summed E-state index contributed by atoms with van der Waals surface area (Å²) in [6, 6.07) is 0. The van der Waals surface area contributed by atoms with E-state index in [0.717, 1.165) is 12.0 Å². The molecule has 0 aromatic rings. The molecule has 0 spiro atoms. The Kier molecular flexibility index (Phi) is 4.81. The van der Waals surface area contributed by atoms with E-state index in [9.17, 15) is 8.39 Å². The van der Waals surface area contributed by atoms with Crippen LogP contribution in [-0.4, -0.2) is 5.25 Å². The molecule has 0 aliphatic carbocycles. The summed E-state index contributed by atoms with van der Waals surface area (Å²) >= 11 is 0.818. The molecular weight excluding hydrogens is 153 g/mol. The Bertz CT molecular complexity index is 53.2. The lowest BCUT2D eigenvalue weighted by Crippen LogP contribution is -1.83. The molecule has 5 heteroatoms. The number of hydrogen-bond acceptors (Lipinski definition) is 2. The Morgan fingerprint density at radius 3 is 2.12 bits per heavy atom. The van der Waals surface area contributed by atoms with Crippen molar-refractivity contribution < 1.29 is 12.4 Å². The largest absolute Gasteiger partial charge is 0.427 e. The molecule has 0 aromatic heterocycles. The molecule has 0 N–H and O–H groups in total. The van der Waals surface area contributed by atoms with Crippen molar-refractivity contribution in [2.45, 2.75) is 19.1 Å². The first kappa shape index (κ1) is 8.60. The molecule has 0 atom stereocenters. The van der Waals surface area contributed by atoms with Crippen molar-refractivity contribution in [1.82, 2.24) is 0 Å². The van der Waals surface area contributed by atoms with Crippen molar-refractivity contribution in [3.05, 3.63) is 0 Å². The molecule has 0 amide bonds. The van der Waals surface area contributed by atoms with E-state index in [2.05, 4.69) is 3.97 Å². The second kappa shape index (κ2) is 4.48. The molecular formula is C3H7F2OPS. The van der Waals surface area contributed by atoms with Crippen LogP contribution in [0.1, 0.15) is 13.8 Å². The average molecular weight is 160 g/mol. The van der Waals surface area contributed by atoms with Crippen molar-refractivity contribution in [2.24, 2.45) is 0 Å². The first-order valence-corrected chi connectivity index (χ1v) is 3.92. The van der Waals surface area contributed by atoms with Crippen LogP contribution in [0, 0.1) is 0 Å². The van der Waals surface area contributed by atoms with Crippen molar-refractivity contribution in [1.29, 1.82) is 0 Å². The first-order chi connectivity index (χ1) is 3.63. The highest BCUT2D eigenvalue weighted by atomic mass is 32.2. The third kappa shape index (κ3) is 6.60. The molecule has 0 unspecified atom stereocenters. The van der Waals surface area contributed by atoms with E-state index in [1.54, 1.807) is 13.8 Å². The lowest BCUT2D eigenvalue weighted by molar-refractivity contribution is 0.558. The fourth-order valence-electron chi connectivity index (χ4n) is 0.119. The molecule has 0 saturated carbocycles. The van der Waals surface area contributed by atoms with Gasteiger partial charge in [-0.2, -0.15) is 8.39 Å². The highest BCUT2D eigenvalue weighted by Gasteiger charge is 2.06. The van der Waals surface area contributed by atoms with Gasteiger partial charge in [-0.25, -0.2) is 3.97 Å². The zero-order valence-corrected chi connectivity index (χ0v) is 6.31. The minimum absolute atomic E-state index is 0.117. The van der Waals surface area contributed by atoms with Crippen molar-refractivity contribution >= 4 is 20.8 Å². The van der Waals surface area contributed by atoms with Crippen LogP contribution in [0.25, 0.3) is 0 Å². The molecule has 0 saturated heterocycles. The predicted molar refractivity (Wildman–Crippen MR) is 32.9 cm³/mol. The molecule has 1 nitrogen and oxygen atoms in total. The standard InChI is InChI=1S/C3H7F2OPS/c1-3(2)8-6-7(4)5/h3H,1-2H3. The summed E-state index contributed by atoms with van der Waals surface area (Å²) in [5.41, 5.74) is 0. The van der Waals surface area contributed by atoms with Gasteiger partial charge in [0.25, 0.3) is 0 Å². The Labute approximate surface area is 53.1 Å². The van der Waals surface area contributed by atoms with Gasteiger partial charge in [-0.3, -0.25) is 0 Å². The molecule has 8 heavy (non-hydrogen) atoms. The SMILES string of the molecule is CC(C)SOP(F)F. The summed E-state index contributed by atoms with van der Waals surface area (Å²) in [6.45, 7) is 3.59. The van der Waals surface area contributed by atoms with Gasteiger partial charge in [-0.05, 0) is 0 Å². The Hall–Kier alpha value is 0.600. The fraction of sp³-hybridized carbons (Fsp3) is 1.00. The second-order valence-electron chi connectivity index (χ2n) is 1.42. The monoisotopic (exact) mass is 160 g/mol. The van der Waals surface area contributed by atoms with Crippen molar-refractivity contribution in [2.75, 3.05) is 0 Å². The van der Waals surface area contributed by atoms with Gasteiger partial charge in [0.2, 0.25) is 0 Å². The topological polar surface area (TPSA) is 9.23 Å². The van der Waals surface area contributed by atoms with Gasteiger partial charge in [0.15, 0.2) is 0 Å². The van der Waals surface area contributed by atoms with E-state index in [-0.39, 0.29) is 5.25 Å². The van der Waals surface area contributed by atoms with E-state index < -0.39 is 8.77 Å². The zero-order valence-electron chi connectivity index (χ0n) is 4.60. The lowest BCUT2D eigenvalue weighted by Gasteiger charge is -1.99. The summed E-state index contributed by atoms with van der Waals surface area (Å²) in [5.74, 6) is 0. The van der Waals surface area contributed by atoms with Crippen LogP contribution in [0.2, 0.25) is 0 Å². The van der Waals surface area contributed by atoms with Gasteiger partial charge in [0.05, 0.1) is 0 Å². The van der Waals surface area contributed by atoms with Gasteiger partial charge in [0.1, 0.15) is 0 Å². The maximum atomic E-state index is 11.2. The van der Waals surface area contributed by atoms with Crippen LogP contribution in [-0.2, 0) is 3.97 Å². The lowest BCUT2D eigenvalue weighted by atomic mass is 10.6. The van der Waals surface area contributed by atoms with Crippen LogP contribution in [0.4, 0.5) is 8.39 Å². The molecule has 0 aliphatic rings. The van der Waals surface area contributed by atoms with Crippen LogP contribution in [0.15, 0.2) is 0 Å². The number of hydrogen-bond donors (Lipinski definition) is 0. The minimum atomic E-state index is -3.17. The van der Waals surface area contributed by atoms with E-state index in [1.807, 2.05) is 0 Å². The third-order valence-corrected chi connectivity index (χ3v) is 1.47. The molecule has 0 fully saturated rings. The van der Waals surface area contributed by atoms with Gasteiger partial charge in [-0.1, -0.05) is 13.8 Å². The molecule has 0 radical (unpaired) electrons. The maximum Gasteiger partial charge on any atom is 0.427 e. The summed E-state index contributed by atoms with van der Waals surface area (Å²) < 4.78 is 26.4. The Morgan fingerprint density at radius 2 is 2.00 bits per heavy atom. The average Bonchev–Trinajstić information content (AvgIpc) is 1.61. The highest BCUT2D eigenvalue weighted by molar-refractivity contribution is 7.98. The smallest absolute Gasteiger partial charge is 0.234 e. The van der Waals surface area contributed by atoms with Crippen molar-refractivity contribution in [3.63, 3.8) is 0 Å². The summed E-state index contributed by atoms with van der Waals surface area (Å²) in [6.07, 6.45) is 0. The van der Waals surface area contributed by atoms with Crippen LogP contribution in [0.5, 0.6) is 0 Å². The van der Waals surface area contributed by atoms with E-state index in [1.165, 1.54) is 0 Å². The summed E-state index contributed by atoms with van der Waals surface area (Å²) in [5, 5.41) is 0.117. The molecule has 50 valence electrons. The molecule has 0 heterocycles. The first-order valence-electron chi connectivity index (χ1n) is 2.08. The number of halogens is 2. The molecule has 0 bridgehead atoms. The molecule has 0 aliphatic heterocycles. The normalized spacial score (nSPS) is 11.2. The second-order valence-corrected chi connectivity index (χ2v) is 3.56. The van der Waals surface area contributed by atoms with Crippen LogP contribution in [0.3, 0.4) is 0 Å².